The molecule has 4 heteroatoms. The van der Waals surface area contributed by atoms with Crippen LogP contribution in [-0.4, -0.2) is 12.1 Å². The van der Waals surface area contributed by atoms with Gasteiger partial charge in [-0.15, -0.1) is 0 Å². The zero-order valence-corrected chi connectivity index (χ0v) is 7.42. The van der Waals surface area contributed by atoms with Crippen LogP contribution in [0, 0.1) is 9.52 Å². The third kappa shape index (κ3) is 1.56. The molecule has 1 rings (SSSR count). The van der Waals surface area contributed by atoms with Crippen LogP contribution in [0.1, 0.15) is 0 Å². The average Bonchev–Trinajstić information content (AvgIpc) is 1.94. The van der Waals surface area contributed by atoms with Gasteiger partial charge in [0, 0.05) is 9.77 Å². The molecule has 1 aromatic heterocycles. The molecule has 0 fully saturated rings. The molecule has 0 bridgehead atoms. The van der Waals surface area contributed by atoms with Crippen molar-refractivity contribution < 1.29 is 9.13 Å². The molecule has 1 aromatic rings. The Morgan fingerprint density at radius 3 is 2.90 bits per heavy atom. The first-order chi connectivity index (χ1) is 4.74. The van der Waals surface area contributed by atoms with E-state index < -0.39 is 5.95 Å². The van der Waals surface area contributed by atoms with Gasteiger partial charge in [0.05, 0.1) is 7.11 Å². The van der Waals surface area contributed by atoms with Crippen LogP contribution in [0.3, 0.4) is 0 Å². The van der Waals surface area contributed by atoms with Crippen LogP contribution in [0.2, 0.25) is 0 Å². The summed E-state index contributed by atoms with van der Waals surface area (Å²) in [6.45, 7) is 0. The van der Waals surface area contributed by atoms with Crippen LogP contribution in [0.4, 0.5) is 4.39 Å². The summed E-state index contributed by atoms with van der Waals surface area (Å²) < 4.78 is 18.1. The molecule has 0 unspecified atom stereocenters. The van der Waals surface area contributed by atoms with Crippen LogP contribution in [0.25, 0.3) is 0 Å². The lowest BCUT2D eigenvalue weighted by atomic mass is 10.4. The van der Waals surface area contributed by atoms with Gasteiger partial charge >= 0.3 is 0 Å². The third-order valence-electron chi connectivity index (χ3n) is 0.993. The Balaban J connectivity index is 3.09. The molecule has 1 heterocycles. The van der Waals surface area contributed by atoms with Crippen molar-refractivity contribution in [2.24, 2.45) is 0 Å². The van der Waals surface area contributed by atoms with Crippen LogP contribution in [0.5, 0.6) is 5.75 Å². The fourth-order valence-corrected chi connectivity index (χ4v) is 0.969. The van der Waals surface area contributed by atoms with Crippen molar-refractivity contribution in [3.05, 3.63) is 21.8 Å². The lowest BCUT2D eigenvalue weighted by molar-refractivity contribution is 0.377. The number of ether oxygens (including phenoxy) is 1. The molecule has 0 aromatic carbocycles. The minimum absolute atomic E-state index is 0.187. The fraction of sp³-hybridized carbons (Fsp3) is 0.167. The first kappa shape index (κ1) is 7.71. The molecule has 2 nitrogen and oxygen atoms in total. The van der Waals surface area contributed by atoms with E-state index >= 15 is 0 Å². The van der Waals surface area contributed by atoms with Gasteiger partial charge in [0.2, 0.25) is 0 Å². The number of hydrogen-bond acceptors (Lipinski definition) is 2. The molecule has 0 saturated carbocycles. The molecule has 0 aliphatic rings. The van der Waals surface area contributed by atoms with Crippen LogP contribution >= 0.6 is 22.6 Å². The maximum absolute atomic E-state index is 12.5. The van der Waals surface area contributed by atoms with E-state index in [1.165, 1.54) is 13.3 Å². The smallest absolute Gasteiger partial charge is 0.255 e. The van der Waals surface area contributed by atoms with Crippen molar-refractivity contribution in [1.29, 1.82) is 0 Å². The highest BCUT2D eigenvalue weighted by atomic mass is 127. The van der Waals surface area contributed by atoms with Crippen molar-refractivity contribution in [3.63, 3.8) is 0 Å². The number of methoxy groups -OCH3 is 1. The van der Waals surface area contributed by atoms with E-state index in [9.17, 15) is 4.39 Å². The topological polar surface area (TPSA) is 22.1 Å². The standard InChI is InChI=1S/C6H5FINO/c1-10-5-2-4(8)3-9-6(5)7/h2-3H,1H3. The summed E-state index contributed by atoms with van der Waals surface area (Å²) >= 11 is 2.04. The Morgan fingerprint density at radius 2 is 2.40 bits per heavy atom. The SMILES string of the molecule is COc1cc(I)cnc1F. The minimum atomic E-state index is -0.567. The Kier molecular flexibility index (Phi) is 2.42. The molecule has 0 aliphatic heterocycles. The van der Waals surface area contributed by atoms with Crippen molar-refractivity contribution in [1.82, 2.24) is 4.98 Å². The molecule has 0 saturated heterocycles. The summed E-state index contributed by atoms with van der Waals surface area (Å²) in [5, 5.41) is 0. The number of hydrogen-bond donors (Lipinski definition) is 0. The number of nitrogens with zero attached hydrogens (tertiary/aromatic N) is 1. The molecule has 0 atom stereocenters. The molecular formula is C6H5FINO. The monoisotopic (exact) mass is 253 g/mol. The van der Waals surface area contributed by atoms with Gasteiger partial charge in [0.25, 0.3) is 5.95 Å². The van der Waals surface area contributed by atoms with E-state index in [1.807, 2.05) is 22.6 Å². The second kappa shape index (κ2) is 3.14. The maximum Gasteiger partial charge on any atom is 0.255 e. The maximum atomic E-state index is 12.5. The molecular weight excluding hydrogens is 248 g/mol. The Labute approximate surface area is 71.6 Å². The molecule has 0 amide bonds. The number of pyridine rings is 1. The second-order valence-corrected chi connectivity index (χ2v) is 2.89. The molecule has 0 radical (unpaired) electrons. The highest BCUT2D eigenvalue weighted by Crippen LogP contribution is 2.16. The summed E-state index contributed by atoms with van der Waals surface area (Å²) in [7, 11) is 1.41. The lowest BCUT2D eigenvalue weighted by Crippen LogP contribution is -1.91. The average molecular weight is 253 g/mol. The highest BCUT2D eigenvalue weighted by Gasteiger charge is 2.01. The normalized spacial score (nSPS) is 9.50. The summed E-state index contributed by atoms with van der Waals surface area (Å²) in [4.78, 5) is 3.45. The highest BCUT2D eigenvalue weighted by molar-refractivity contribution is 14.1. The van der Waals surface area contributed by atoms with Crippen molar-refractivity contribution >= 4 is 22.6 Å². The Bertz CT molecular complexity index is 241. The van der Waals surface area contributed by atoms with Crippen molar-refractivity contribution in [3.8, 4) is 5.75 Å². The zero-order valence-electron chi connectivity index (χ0n) is 5.27. The van der Waals surface area contributed by atoms with Gasteiger partial charge in [-0.2, -0.15) is 4.39 Å². The minimum Gasteiger partial charge on any atom is -0.492 e. The molecule has 10 heavy (non-hydrogen) atoms. The molecule has 0 N–H and O–H groups in total. The first-order valence-electron chi connectivity index (χ1n) is 2.59. The van der Waals surface area contributed by atoms with Gasteiger partial charge < -0.3 is 4.74 Å². The predicted molar refractivity (Wildman–Crippen MR) is 43.5 cm³/mol. The molecule has 0 spiro atoms. The molecule has 0 aliphatic carbocycles. The number of aromatic nitrogens is 1. The second-order valence-electron chi connectivity index (χ2n) is 1.65. The Hall–Kier alpha value is -0.390. The summed E-state index contributed by atoms with van der Waals surface area (Å²) in [5.74, 6) is -0.380. The van der Waals surface area contributed by atoms with Gasteiger partial charge in [-0.05, 0) is 28.7 Å². The van der Waals surface area contributed by atoms with Gasteiger partial charge in [0.1, 0.15) is 0 Å². The third-order valence-corrected chi connectivity index (χ3v) is 1.58. The number of halogens is 2. The fourth-order valence-electron chi connectivity index (χ4n) is 0.547. The van der Waals surface area contributed by atoms with Crippen LogP contribution < -0.4 is 4.74 Å². The van der Waals surface area contributed by atoms with E-state index in [2.05, 4.69) is 9.72 Å². The summed E-state index contributed by atoms with van der Waals surface area (Å²) in [6, 6.07) is 1.59. The van der Waals surface area contributed by atoms with Gasteiger partial charge in [0.15, 0.2) is 5.75 Å². The largest absolute Gasteiger partial charge is 0.492 e. The van der Waals surface area contributed by atoms with E-state index in [-0.39, 0.29) is 5.75 Å². The van der Waals surface area contributed by atoms with Gasteiger partial charge in [-0.3, -0.25) is 0 Å². The van der Waals surface area contributed by atoms with E-state index in [4.69, 9.17) is 0 Å². The van der Waals surface area contributed by atoms with Gasteiger partial charge in [-0.25, -0.2) is 4.98 Å². The van der Waals surface area contributed by atoms with Gasteiger partial charge in [-0.1, -0.05) is 0 Å². The predicted octanol–water partition coefficient (Wildman–Crippen LogP) is 1.83. The van der Waals surface area contributed by atoms with E-state index in [0.29, 0.717) is 0 Å². The zero-order chi connectivity index (χ0) is 7.56. The van der Waals surface area contributed by atoms with Crippen LogP contribution in [0.15, 0.2) is 12.3 Å². The first-order valence-corrected chi connectivity index (χ1v) is 3.67. The lowest BCUT2D eigenvalue weighted by Gasteiger charge is -1.98. The molecule has 54 valence electrons. The van der Waals surface area contributed by atoms with Crippen LogP contribution in [-0.2, 0) is 0 Å². The Morgan fingerprint density at radius 1 is 1.70 bits per heavy atom. The summed E-state index contributed by atoms with van der Waals surface area (Å²) in [5.41, 5.74) is 0. The quantitative estimate of drug-likeness (QED) is 0.562. The van der Waals surface area contributed by atoms with E-state index in [0.717, 1.165) is 3.57 Å². The van der Waals surface area contributed by atoms with Crippen molar-refractivity contribution in [2.45, 2.75) is 0 Å². The van der Waals surface area contributed by atoms with Crippen molar-refractivity contribution in [2.75, 3.05) is 7.11 Å². The summed E-state index contributed by atoms with van der Waals surface area (Å²) in [6.07, 6.45) is 1.44. The van der Waals surface area contributed by atoms with E-state index in [1.54, 1.807) is 6.07 Å². The number of rotatable bonds is 1.